The molecule has 1 aliphatic heterocycles. The molecule has 8 heteroatoms. The zero-order valence-corrected chi connectivity index (χ0v) is 21.5. The number of aryl methyl sites for hydroxylation is 1. The van der Waals surface area contributed by atoms with Gasteiger partial charge in [0.15, 0.2) is 17.0 Å². The van der Waals surface area contributed by atoms with Gasteiger partial charge in [-0.3, -0.25) is 4.79 Å². The Labute approximate surface area is 211 Å². The molecule has 0 bridgehead atoms. The van der Waals surface area contributed by atoms with Crippen molar-refractivity contribution in [3.8, 4) is 17.2 Å². The summed E-state index contributed by atoms with van der Waals surface area (Å²) >= 11 is 5.01. The first-order valence-corrected chi connectivity index (χ1v) is 12.3. The Balaban J connectivity index is 1.50. The Bertz CT molecular complexity index is 1220. The van der Waals surface area contributed by atoms with Crippen molar-refractivity contribution in [3.05, 3.63) is 86.7 Å². The van der Waals surface area contributed by atoms with E-state index in [1.807, 2.05) is 73.7 Å². The maximum Gasteiger partial charge on any atom is 0.260 e. The molecular weight excluding hydrogens is 516 g/mol. The third-order valence-electron chi connectivity index (χ3n) is 5.18. The summed E-state index contributed by atoms with van der Waals surface area (Å²) < 4.78 is 17.8. The van der Waals surface area contributed by atoms with E-state index in [1.165, 1.54) is 11.8 Å². The highest BCUT2D eigenvalue weighted by Crippen LogP contribution is 2.38. The summed E-state index contributed by atoms with van der Waals surface area (Å²) in [5, 5.41) is 6.29. The Morgan fingerprint density at radius 2 is 1.79 bits per heavy atom. The second-order valence-electron chi connectivity index (χ2n) is 7.63. The molecule has 3 aromatic carbocycles. The summed E-state index contributed by atoms with van der Waals surface area (Å²) in [6, 6.07) is 19.5. The summed E-state index contributed by atoms with van der Waals surface area (Å²) in [5.41, 5.74) is 3.48. The van der Waals surface area contributed by atoms with Gasteiger partial charge in [0.2, 0.25) is 0 Å². The van der Waals surface area contributed by atoms with Crippen molar-refractivity contribution in [1.82, 2.24) is 5.32 Å². The largest absolute Gasteiger partial charge is 0.495 e. The third kappa shape index (κ3) is 5.69. The number of amides is 1. The summed E-state index contributed by atoms with van der Waals surface area (Å²) in [6.45, 7) is 2.44. The van der Waals surface area contributed by atoms with Crippen LogP contribution in [0.4, 0.5) is 5.69 Å². The average Bonchev–Trinajstić information content (AvgIpc) is 3.18. The number of anilines is 1. The van der Waals surface area contributed by atoms with Crippen LogP contribution < -0.4 is 24.8 Å². The van der Waals surface area contributed by atoms with E-state index >= 15 is 0 Å². The fraction of sp³-hybridized carbons (Fsp3) is 0.192. The number of halogens is 1. The van der Waals surface area contributed by atoms with Crippen molar-refractivity contribution in [2.75, 3.05) is 19.5 Å². The molecule has 6 nitrogen and oxygen atoms in total. The lowest BCUT2D eigenvalue weighted by molar-refractivity contribution is -0.116. The molecule has 1 unspecified atom stereocenters. The number of rotatable bonds is 8. The smallest absolute Gasteiger partial charge is 0.260 e. The van der Waals surface area contributed by atoms with Gasteiger partial charge in [-0.05, 0) is 54.0 Å². The number of hydrogen-bond donors (Lipinski definition) is 2. The Morgan fingerprint density at radius 3 is 2.53 bits per heavy atom. The van der Waals surface area contributed by atoms with Gasteiger partial charge in [-0.2, -0.15) is 0 Å². The molecule has 1 amide bonds. The quantitative estimate of drug-likeness (QED) is 0.344. The standard InChI is InChI=1S/C26H25BrN2O4S/c1-16-9-10-21(31-2)20(11-16)28-26-29-25(30)24(34-26)13-18-12-22(32-3)23(14-19(18)27)33-15-17-7-5-4-6-8-17/h4-14,26,28H,15H2,1-3H3,(H,29,30)/b24-13-. The Morgan fingerprint density at radius 1 is 1.03 bits per heavy atom. The minimum Gasteiger partial charge on any atom is -0.495 e. The molecule has 0 saturated carbocycles. The molecule has 0 radical (unpaired) electrons. The van der Waals surface area contributed by atoms with Gasteiger partial charge in [0, 0.05) is 4.47 Å². The minimum absolute atomic E-state index is 0.149. The van der Waals surface area contributed by atoms with Crippen LogP contribution >= 0.6 is 27.7 Å². The van der Waals surface area contributed by atoms with Crippen LogP contribution in [0.2, 0.25) is 0 Å². The van der Waals surface area contributed by atoms with E-state index in [1.54, 1.807) is 14.2 Å². The number of carbonyl (C=O) groups excluding carboxylic acids is 1. The van der Waals surface area contributed by atoms with Crippen LogP contribution in [0.15, 0.2) is 70.0 Å². The van der Waals surface area contributed by atoms with E-state index in [0.717, 1.165) is 32.6 Å². The number of thioether (sulfide) groups is 1. The number of nitrogens with one attached hydrogen (secondary N) is 2. The van der Waals surface area contributed by atoms with Gasteiger partial charge in [0.25, 0.3) is 5.91 Å². The molecule has 4 rings (SSSR count). The fourth-order valence-corrected chi connectivity index (χ4v) is 4.86. The number of hydrogen-bond acceptors (Lipinski definition) is 6. The highest BCUT2D eigenvalue weighted by Gasteiger charge is 2.28. The Kier molecular flexibility index (Phi) is 7.70. The molecule has 176 valence electrons. The van der Waals surface area contributed by atoms with Crippen molar-refractivity contribution in [2.24, 2.45) is 0 Å². The predicted molar refractivity (Wildman–Crippen MR) is 140 cm³/mol. The van der Waals surface area contributed by atoms with Crippen LogP contribution in [-0.4, -0.2) is 25.6 Å². The second kappa shape index (κ2) is 10.9. The van der Waals surface area contributed by atoms with Crippen molar-refractivity contribution < 1.29 is 19.0 Å². The molecule has 2 N–H and O–H groups in total. The zero-order valence-electron chi connectivity index (χ0n) is 19.1. The van der Waals surface area contributed by atoms with Crippen LogP contribution in [0.3, 0.4) is 0 Å². The van der Waals surface area contributed by atoms with Crippen LogP contribution in [0.5, 0.6) is 17.2 Å². The fourth-order valence-electron chi connectivity index (χ4n) is 3.45. The highest BCUT2D eigenvalue weighted by atomic mass is 79.9. The van der Waals surface area contributed by atoms with Gasteiger partial charge in [-0.1, -0.05) is 64.1 Å². The Hall–Kier alpha value is -3.10. The molecule has 0 aromatic heterocycles. The number of benzene rings is 3. The van der Waals surface area contributed by atoms with Crippen LogP contribution in [0, 0.1) is 6.92 Å². The molecular formula is C26H25BrN2O4S. The first-order chi connectivity index (χ1) is 16.5. The van der Waals surface area contributed by atoms with Crippen LogP contribution in [-0.2, 0) is 11.4 Å². The SMILES string of the molecule is COc1ccc(C)cc1NC1NC(=O)/C(=C/c2cc(OC)c(OCc3ccccc3)cc2Br)S1. The molecule has 1 saturated heterocycles. The average molecular weight is 541 g/mol. The minimum atomic E-state index is -0.316. The lowest BCUT2D eigenvalue weighted by Gasteiger charge is -2.16. The topological polar surface area (TPSA) is 68.8 Å². The van der Waals surface area contributed by atoms with E-state index in [4.69, 9.17) is 14.2 Å². The van der Waals surface area contributed by atoms with Gasteiger partial charge in [0.05, 0.1) is 24.8 Å². The van der Waals surface area contributed by atoms with Crippen molar-refractivity contribution in [1.29, 1.82) is 0 Å². The van der Waals surface area contributed by atoms with E-state index < -0.39 is 0 Å². The van der Waals surface area contributed by atoms with E-state index in [0.29, 0.717) is 23.0 Å². The van der Waals surface area contributed by atoms with Crippen molar-refractivity contribution >= 4 is 45.4 Å². The van der Waals surface area contributed by atoms with E-state index in [9.17, 15) is 4.79 Å². The lowest BCUT2D eigenvalue weighted by atomic mass is 10.1. The van der Waals surface area contributed by atoms with Gasteiger partial charge in [-0.15, -0.1) is 0 Å². The van der Waals surface area contributed by atoms with E-state index in [2.05, 4.69) is 26.6 Å². The number of carbonyl (C=O) groups is 1. The monoisotopic (exact) mass is 540 g/mol. The first-order valence-electron chi connectivity index (χ1n) is 10.6. The number of methoxy groups -OCH3 is 2. The highest BCUT2D eigenvalue weighted by molar-refractivity contribution is 9.10. The maximum absolute atomic E-state index is 12.7. The van der Waals surface area contributed by atoms with E-state index in [-0.39, 0.29) is 11.4 Å². The normalized spacial score (nSPS) is 16.3. The van der Waals surface area contributed by atoms with Gasteiger partial charge in [-0.25, -0.2) is 0 Å². The molecule has 34 heavy (non-hydrogen) atoms. The molecule has 0 aliphatic carbocycles. The summed E-state index contributed by atoms with van der Waals surface area (Å²) in [5.74, 6) is 1.78. The molecule has 1 atom stereocenters. The van der Waals surface area contributed by atoms with Crippen LogP contribution in [0.25, 0.3) is 6.08 Å². The first kappa shape index (κ1) is 24.0. The summed E-state index contributed by atoms with van der Waals surface area (Å²) in [4.78, 5) is 13.2. The predicted octanol–water partition coefficient (Wildman–Crippen LogP) is 5.95. The molecule has 3 aromatic rings. The maximum atomic E-state index is 12.7. The van der Waals surface area contributed by atoms with Crippen molar-refractivity contribution in [3.63, 3.8) is 0 Å². The van der Waals surface area contributed by atoms with Crippen LogP contribution in [0.1, 0.15) is 16.7 Å². The van der Waals surface area contributed by atoms with Gasteiger partial charge >= 0.3 is 0 Å². The third-order valence-corrected chi connectivity index (χ3v) is 6.89. The van der Waals surface area contributed by atoms with Crippen molar-refractivity contribution in [2.45, 2.75) is 19.0 Å². The summed E-state index contributed by atoms with van der Waals surface area (Å²) in [7, 11) is 3.22. The van der Waals surface area contributed by atoms with Gasteiger partial charge in [0.1, 0.15) is 12.4 Å². The molecule has 1 aliphatic rings. The molecule has 1 fully saturated rings. The zero-order chi connectivity index (χ0) is 24.1. The molecule has 0 spiro atoms. The lowest BCUT2D eigenvalue weighted by Crippen LogP contribution is -2.31. The second-order valence-corrected chi connectivity index (χ2v) is 9.63. The number of ether oxygens (including phenoxy) is 3. The summed E-state index contributed by atoms with van der Waals surface area (Å²) in [6.07, 6.45) is 1.84. The molecule has 1 heterocycles. The van der Waals surface area contributed by atoms with Gasteiger partial charge < -0.3 is 24.8 Å².